The molecular weight excluding hydrogens is 284 g/mol. The first-order chi connectivity index (χ1) is 9.99. The van der Waals surface area contributed by atoms with Crippen molar-refractivity contribution in [1.82, 2.24) is 4.90 Å². The van der Waals surface area contributed by atoms with Crippen molar-refractivity contribution in [3.63, 3.8) is 0 Å². The van der Waals surface area contributed by atoms with E-state index in [4.69, 9.17) is 17.3 Å². The van der Waals surface area contributed by atoms with E-state index < -0.39 is 0 Å². The number of carbonyl (C=O) groups excluding carboxylic acids is 1. The minimum absolute atomic E-state index is 0.00635. The van der Waals surface area contributed by atoms with Gasteiger partial charge in [0.2, 0.25) is 5.91 Å². The van der Waals surface area contributed by atoms with E-state index in [1.165, 1.54) is 0 Å². The lowest BCUT2D eigenvalue weighted by atomic mass is 9.84. The van der Waals surface area contributed by atoms with Gasteiger partial charge in [0.25, 0.3) is 0 Å². The van der Waals surface area contributed by atoms with Gasteiger partial charge in [-0.2, -0.15) is 0 Å². The minimum atomic E-state index is -0.0275. The molecule has 0 aliphatic heterocycles. The topological polar surface area (TPSA) is 46.3 Å². The van der Waals surface area contributed by atoms with Gasteiger partial charge in [0.05, 0.1) is 5.92 Å². The second-order valence-electron chi connectivity index (χ2n) is 6.24. The average Bonchev–Trinajstić information content (AvgIpc) is 2.44. The molecule has 3 nitrogen and oxygen atoms in total. The van der Waals surface area contributed by atoms with E-state index in [2.05, 4.69) is 13.8 Å². The maximum absolute atomic E-state index is 12.9. The van der Waals surface area contributed by atoms with Gasteiger partial charge in [0, 0.05) is 23.7 Å². The Morgan fingerprint density at radius 3 is 2.71 bits per heavy atom. The normalized spacial score (nSPS) is 22.3. The van der Waals surface area contributed by atoms with Crippen LogP contribution in [0.4, 0.5) is 0 Å². The van der Waals surface area contributed by atoms with Crippen LogP contribution in [0.2, 0.25) is 5.02 Å². The zero-order valence-electron chi connectivity index (χ0n) is 12.9. The van der Waals surface area contributed by atoms with Gasteiger partial charge in [-0.25, -0.2) is 0 Å². The van der Waals surface area contributed by atoms with Gasteiger partial charge < -0.3 is 10.6 Å². The SMILES string of the molecule is CC(C)N(Cc1cccc(Cl)c1)C(=O)C1CCCCC1N. The van der Waals surface area contributed by atoms with Gasteiger partial charge in [0.1, 0.15) is 0 Å². The smallest absolute Gasteiger partial charge is 0.227 e. The Kier molecular flexibility index (Phi) is 5.65. The van der Waals surface area contributed by atoms with Crippen LogP contribution in [-0.2, 0) is 11.3 Å². The number of rotatable bonds is 4. The summed E-state index contributed by atoms with van der Waals surface area (Å²) in [5.41, 5.74) is 7.23. The van der Waals surface area contributed by atoms with Crippen molar-refractivity contribution in [3.05, 3.63) is 34.9 Å². The van der Waals surface area contributed by atoms with Crippen molar-refractivity contribution in [1.29, 1.82) is 0 Å². The molecule has 1 amide bonds. The average molecular weight is 309 g/mol. The molecule has 2 unspecified atom stereocenters. The Bertz CT molecular complexity index is 489. The summed E-state index contributed by atoms with van der Waals surface area (Å²) >= 11 is 6.04. The highest BCUT2D eigenvalue weighted by atomic mass is 35.5. The lowest BCUT2D eigenvalue weighted by Crippen LogP contribution is -2.47. The van der Waals surface area contributed by atoms with Crippen molar-refractivity contribution in [3.8, 4) is 0 Å². The molecule has 1 aromatic carbocycles. The second-order valence-corrected chi connectivity index (χ2v) is 6.68. The van der Waals surface area contributed by atoms with E-state index >= 15 is 0 Å². The summed E-state index contributed by atoms with van der Waals surface area (Å²) in [4.78, 5) is 14.8. The largest absolute Gasteiger partial charge is 0.336 e. The van der Waals surface area contributed by atoms with E-state index in [0.717, 1.165) is 31.2 Å². The summed E-state index contributed by atoms with van der Waals surface area (Å²) in [5, 5.41) is 0.707. The lowest BCUT2D eigenvalue weighted by molar-refractivity contribution is -0.139. The molecule has 4 heteroatoms. The van der Waals surface area contributed by atoms with Crippen molar-refractivity contribution >= 4 is 17.5 Å². The maximum Gasteiger partial charge on any atom is 0.227 e. The van der Waals surface area contributed by atoms with Crippen LogP contribution < -0.4 is 5.73 Å². The molecule has 116 valence electrons. The van der Waals surface area contributed by atoms with Crippen LogP contribution in [0.1, 0.15) is 45.1 Å². The predicted molar refractivity (Wildman–Crippen MR) is 87.1 cm³/mol. The molecular formula is C17H25ClN2O. The van der Waals surface area contributed by atoms with E-state index in [1.54, 1.807) is 0 Å². The van der Waals surface area contributed by atoms with Gasteiger partial charge in [-0.05, 0) is 44.4 Å². The number of benzene rings is 1. The fourth-order valence-electron chi connectivity index (χ4n) is 3.03. The molecule has 2 atom stereocenters. The number of carbonyl (C=O) groups is 1. The van der Waals surface area contributed by atoms with Crippen LogP contribution in [0, 0.1) is 5.92 Å². The Labute approximate surface area is 132 Å². The van der Waals surface area contributed by atoms with Crippen LogP contribution in [0.3, 0.4) is 0 Å². The second kappa shape index (κ2) is 7.28. The fraction of sp³-hybridized carbons (Fsp3) is 0.588. The minimum Gasteiger partial charge on any atom is -0.336 e. The quantitative estimate of drug-likeness (QED) is 0.924. The first kappa shape index (κ1) is 16.3. The maximum atomic E-state index is 12.9. The molecule has 0 heterocycles. The highest BCUT2D eigenvalue weighted by molar-refractivity contribution is 6.30. The Balaban J connectivity index is 2.12. The molecule has 0 saturated heterocycles. The summed E-state index contributed by atoms with van der Waals surface area (Å²) in [7, 11) is 0. The molecule has 0 bridgehead atoms. The third-order valence-corrected chi connectivity index (χ3v) is 4.52. The standard InChI is InChI=1S/C17H25ClN2O/c1-12(2)20(11-13-6-5-7-14(18)10-13)17(21)15-8-3-4-9-16(15)19/h5-7,10,12,15-16H,3-4,8-9,11,19H2,1-2H3. The van der Waals surface area contributed by atoms with Crippen LogP contribution >= 0.6 is 11.6 Å². The molecule has 0 aromatic heterocycles. The van der Waals surface area contributed by atoms with E-state index in [9.17, 15) is 4.79 Å². The Hall–Kier alpha value is -1.06. The van der Waals surface area contributed by atoms with E-state index in [-0.39, 0.29) is 23.9 Å². The number of hydrogen-bond donors (Lipinski definition) is 1. The first-order valence-corrected chi connectivity index (χ1v) is 8.17. The van der Waals surface area contributed by atoms with Gasteiger partial charge in [-0.1, -0.05) is 36.6 Å². The van der Waals surface area contributed by atoms with Crippen molar-refractivity contribution in [2.75, 3.05) is 0 Å². The van der Waals surface area contributed by atoms with Gasteiger partial charge in [-0.15, -0.1) is 0 Å². The zero-order chi connectivity index (χ0) is 15.4. The van der Waals surface area contributed by atoms with Crippen LogP contribution in [-0.4, -0.2) is 22.9 Å². The molecule has 1 aliphatic carbocycles. The van der Waals surface area contributed by atoms with E-state index in [0.29, 0.717) is 11.6 Å². The summed E-state index contributed by atoms with van der Waals surface area (Å²) < 4.78 is 0. The van der Waals surface area contributed by atoms with Gasteiger partial charge in [0.15, 0.2) is 0 Å². The van der Waals surface area contributed by atoms with E-state index in [1.807, 2.05) is 29.2 Å². The molecule has 0 spiro atoms. The first-order valence-electron chi connectivity index (χ1n) is 7.79. The molecule has 2 N–H and O–H groups in total. The number of nitrogens with zero attached hydrogens (tertiary/aromatic N) is 1. The van der Waals surface area contributed by atoms with Crippen LogP contribution in [0.5, 0.6) is 0 Å². The van der Waals surface area contributed by atoms with Crippen molar-refractivity contribution in [2.24, 2.45) is 11.7 Å². The zero-order valence-corrected chi connectivity index (χ0v) is 13.6. The van der Waals surface area contributed by atoms with Crippen molar-refractivity contribution < 1.29 is 4.79 Å². The lowest BCUT2D eigenvalue weighted by Gasteiger charge is -2.35. The van der Waals surface area contributed by atoms with Crippen LogP contribution in [0.25, 0.3) is 0 Å². The third kappa shape index (κ3) is 4.21. The number of nitrogens with two attached hydrogens (primary N) is 1. The molecule has 1 fully saturated rings. The van der Waals surface area contributed by atoms with Crippen LogP contribution in [0.15, 0.2) is 24.3 Å². The van der Waals surface area contributed by atoms with Crippen molar-refractivity contribution in [2.45, 2.75) is 58.2 Å². The van der Waals surface area contributed by atoms with Gasteiger partial charge in [-0.3, -0.25) is 4.79 Å². The summed E-state index contributed by atoms with van der Waals surface area (Å²) in [6.07, 6.45) is 4.12. The highest BCUT2D eigenvalue weighted by Crippen LogP contribution is 2.26. The third-order valence-electron chi connectivity index (χ3n) is 4.28. The molecule has 1 aliphatic rings. The highest BCUT2D eigenvalue weighted by Gasteiger charge is 2.32. The monoisotopic (exact) mass is 308 g/mol. The molecule has 2 rings (SSSR count). The Morgan fingerprint density at radius 1 is 1.38 bits per heavy atom. The molecule has 0 radical (unpaired) electrons. The summed E-state index contributed by atoms with van der Waals surface area (Å²) in [5.74, 6) is 0.164. The number of hydrogen-bond acceptors (Lipinski definition) is 2. The number of amides is 1. The van der Waals surface area contributed by atoms with Gasteiger partial charge >= 0.3 is 0 Å². The molecule has 1 aromatic rings. The summed E-state index contributed by atoms with van der Waals surface area (Å²) in [6.45, 7) is 4.70. The predicted octanol–water partition coefficient (Wildman–Crippen LogP) is 3.59. The molecule has 1 saturated carbocycles. The number of halogens is 1. The fourth-order valence-corrected chi connectivity index (χ4v) is 3.24. The Morgan fingerprint density at radius 2 is 2.10 bits per heavy atom. The summed E-state index contributed by atoms with van der Waals surface area (Å²) in [6, 6.07) is 7.87. The molecule has 21 heavy (non-hydrogen) atoms.